The lowest BCUT2D eigenvalue weighted by atomic mass is 9.95. The van der Waals surface area contributed by atoms with Crippen molar-refractivity contribution >= 4 is 39.9 Å². The van der Waals surface area contributed by atoms with Gasteiger partial charge in [0, 0.05) is 10.4 Å². The Bertz CT molecular complexity index is 1060. The maximum atomic E-state index is 12.4. The molecule has 2 aromatic heterocycles. The van der Waals surface area contributed by atoms with Gasteiger partial charge in [-0.2, -0.15) is 0 Å². The summed E-state index contributed by atoms with van der Waals surface area (Å²) in [6.07, 6.45) is 3.89. The quantitative estimate of drug-likeness (QED) is 0.578. The Labute approximate surface area is 176 Å². The van der Waals surface area contributed by atoms with Gasteiger partial charge >= 0.3 is 0 Å². The van der Waals surface area contributed by atoms with Crippen molar-refractivity contribution in [3.8, 4) is 11.5 Å². The zero-order chi connectivity index (χ0) is 20.4. The van der Waals surface area contributed by atoms with Crippen LogP contribution < -0.4 is 11.1 Å². The number of nitrogens with two attached hydrogens (primary N) is 1. The maximum Gasteiger partial charge on any atom is 0.277 e. The molecule has 0 unspecified atom stereocenters. The molecule has 1 aliphatic carbocycles. The van der Waals surface area contributed by atoms with Crippen LogP contribution in [0.1, 0.15) is 39.2 Å². The highest BCUT2D eigenvalue weighted by atomic mass is 32.2. The van der Waals surface area contributed by atoms with Crippen LogP contribution in [-0.2, 0) is 17.6 Å². The van der Waals surface area contributed by atoms with E-state index in [0.717, 1.165) is 59.0 Å². The predicted molar refractivity (Wildman–Crippen MR) is 113 cm³/mol. The van der Waals surface area contributed by atoms with E-state index < -0.39 is 5.91 Å². The number of anilines is 1. The topological polar surface area (TPSA) is 111 Å². The molecular formula is C20H20N4O3S2. The second-order valence-electron chi connectivity index (χ2n) is 6.86. The van der Waals surface area contributed by atoms with Crippen LogP contribution in [0.4, 0.5) is 5.00 Å². The monoisotopic (exact) mass is 428 g/mol. The average molecular weight is 429 g/mol. The third kappa shape index (κ3) is 4.35. The van der Waals surface area contributed by atoms with E-state index in [0.29, 0.717) is 21.7 Å². The average Bonchev–Trinajstić information content (AvgIpc) is 3.31. The first-order valence-electron chi connectivity index (χ1n) is 9.29. The number of hydrogen-bond donors (Lipinski definition) is 2. The Balaban J connectivity index is 1.40. The van der Waals surface area contributed by atoms with Gasteiger partial charge in [-0.25, -0.2) is 0 Å². The number of benzene rings is 1. The molecule has 4 rings (SSSR count). The van der Waals surface area contributed by atoms with Crippen LogP contribution in [0.2, 0.25) is 0 Å². The molecule has 2 heterocycles. The van der Waals surface area contributed by atoms with Crippen molar-refractivity contribution < 1.29 is 14.0 Å². The highest BCUT2D eigenvalue weighted by Crippen LogP contribution is 2.38. The summed E-state index contributed by atoms with van der Waals surface area (Å²) in [6, 6.07) is 7.76. The minimum atomic E-state index is -0.494. The summed E-state index contributed by atoms with van der Waals surface area (Å²) in [5.74, 6) is -0.232. The molecule has 0 radical (unpaired) electrons. The van der Waals surface area contributed by atoms with E-state index in [4.69, 9.17) is 10.2 Å². The van der Waals surface area contributed by atoms with Crippen molar-refractivity contribution in [1.29, 1.82) is 0 Å². The van der Waals surface area contributed by atoms with Gasteiger partial charge < -0.3 is 15.5 Å². The van der Waals surface area contributed by atoms with E-state index in [1.54, 1.807) is 0 Å². The molecule has 0 fully saturated rings. The largest absolute Gasteiger partial charge is 0.411 e. The van der Waals surface area contributed by atoms with Crippen LogP contribution in [0.5, 0.6) is 0 Å². The van der Waals surface area contributed by atoms with Gasteiger partial charge in [-0.3, -0.25) is 9.59 Å². The number of primary amides is 1. The molecule has 7 nitrogen and oxygen atoms in total. The Hall–Kier alpha value is -2.65. The summed E-state index contributed by atoms with van der Waals surface area (Å²) in [5, 5.41) is 11.7. The van der Waals surface area contributed by atoms with Gasteiger partial charge in [0.1, 0.15) is 5.00 Å². The molecule has 1 aliphatic rings. The van der Waals surface area contributed by atoms with Gasteiger partial charge in [0.15, 0.2) is 0 Å². The first-order valence-corrected chi connectivity index (χ1v) is 11.1. The standard InChI is InChI=1S/C20H20N4O3S2/c1-11-6-8-12(9-7-11)18-23-24-20(27-18)28-10-15(25)22-19-16(17(21)26)13-4-2-3-5-14(13)29-19/h6-9H,2-5,10H2,1H3,(H2,21,26)(H,22,25). The molecule has 3 N–H and O–H groups in total. The molecular weight excluding hydrogens is 408 g/mol. The number of thiophene rings is 1. The number of amides is 2. The van der Waals surface area contributed by atoms with Gasteiger partial charge in [-0.05, 0) is 50.3 Å². The Morgan fingerprint density at radius 3 is 2.72 bits per heavy atom. The number of nitrogens with one attached hydrogen (secondary N) is 1. The SMILES string of the molecule is Cc1ccc(-c2nnc(SCC(=O)Nc3sc4c(c3C(N)=O)CCCC4)o2)cc1. The molecule has 0 bridgehead atoms. The Morgan fingerprint density at radius 1 is 1.21 bits per heavy atom. The highest BCUT2D eigenvalue weighted by molar-refractivity contribution is 7.99. The van der Waals surface area contributed by atoms with E-state index >= 15 is 0 Å². The molecule has 3 aromatic rings. The molecule has 1 aromatic carbocycles. The van der Waals surface area contributed by atoms with Crippen LogP contribution in [0.25, 0.3) is 11.5 Å². The van der Waals surface area contributed by atoms with E-state index in [1.165, 1.54) is 11.3 Å². The zero-order valence-corrected chi connectivity index (χ0v) is 17.5. The van der Waals surface area contributed by atoms with Gasteiger partial charge in [0.05, 0.1) is 11.3 Å². The summed E-state index contributed by atoms with van der Waals surface area (Å²) < 4.78 is 5.63. The van der Waals surface area contributed by atoms with Gasteiger partial charge in [0.25, 0.3) is 11.1 Å². The molecule has 0 spiro atoms. The highest BCUT2D eigenvalue weighted by Gasteiger charge is 2.25. The number of rotatable bonds is 6. The Morgan fingerprint density at radius 2 is 1.97 bits per heavy atom. The molecule has 150 valence electrons. The predicted octanol–water partition coefficient (Wildman–Crippen LogP) is 3.82. The van der Waals surface area contributed by atoms with Crippen LogP contribution in [-0.4, -0.2) is 27.8 Å². The minimum Gasteiger partial charge on any atom is -0.411 e. The van der Waals surface area contributed by atoms with Crippen LogP contribution in [0.3, 0.4) is 0 Å². The third-order valence-electron chi connectivity index (χ3n) is 4.70. The van der Waals surface area contributed by atoms with Crippen molar-refractivity contribution in [1.82, 2.24) is 10.2 Å². The fourth-order valence-corrected chi connectivity index (χ4v) is 5.16. The number of thioether (sulfide) groups is 1. The molecule has 2 amide bonds. The molecule has 9 heteroatoms. The summed E-state index contributed by atoms with van der Waals surface area (Å²) in [6.45, 7) is 2.01. The first-order chi connectivity index (χ1) is 14.0. The lowest BCUT2D eigenvalue weighted by Gasteiger charge is -2.11. The van der Waals surface area contributed by atoms with Gasteiger partial charge in [0.2, 0.25) is 11.8 Å². The van der Waals surface area contributed by atoms with Crippen molar-refractivity contribution in [2.24, 2.45) is 5.73 Å². The Kier molecular flexibility index (Phi) is 5.68. The summed E-state index contributed by atoms with van der Waals surface area (Å²) >= 11 is 2.60. The normalized spacial score (nSPS) is 13.1. The summed E-state index contributed by atoms with van der Waals surface area (Å²) in [5.41, 5.74) is 9.00. The minimum absolute atomic E-state index is 0.0936. The number of carbonyl (C=O) groups excluding carboxylic acids is 2. The first kappa shape index (κ1) is 19.7. The zero-order valence-electron chi connectivity index (χ0n) is 15.9. The number of nitrogens with zero attached hydrogens (tertiary/aromatic N) is 2. The second-order valence-corrected chi connectivity index (χ2v) is 8.89. The van der Waals surface area contributed by atoms with E-state index in [2.05, 4.69) is 15.5 Å². The van der Waals surface area contributed by atoms with Crippen LogP contribution in [0.15, 0.2) is 33.9 Å². The number of aryl methyl sites for hydroxylation is 2. The van der Waals surface area contributed by atoms with Crippen LogP contribution >= 0.6 is 23.1 Å². The van der Waals surface area contributed by atoms with Gasteiger partial charge in [-0.15, -0.1) is 21.5 Å². The number of hydrogen-bond acceptors (Lipinski definition) is 7. The lowest BCUT2D eigenvalue weighted by molar-refractivity contribution is -0.113. The third-order valence-corrected chi connectivity index (χ3v) is 6.73. The molecule has 0 aliphatic heterocycles. The molecule has 0 saturated heterocycles. The van der Waals surface area contributed by atoms with Crippen molar-refractivity contribution in [2.75, 3.05) is 11.1 Å². The lowest BCUT2D eigenvalue weighted by Crippen LogP contribution is -2.19. The second kappa shape index (κ2) is 8.38. The summed E-state index contributed by atoms with van der Waals surface area (Å²) in [4.78, 5) is 25.5. The molecule has 0 atom stereocenters. The van der Waals surface area contributed by atoms with E-state index in [1.807, 2.05) is 31.2 Å². The van der Waals surface area contributed by atoms with Gasteiger partial charge in [-0.1, -0.05) is 29.5 Å². The maximum absolute atomic E-state index is 12.4. The molecule has 0 saturated carbocycles. The fraction of sp³-hybridized carbons (Fsp3) is 0.300. The number of aromatic nitrogens is 2. The van der Waals surface area contributed by atoms with Crippen molar-refractivity contribution in [2.45, 2.75) is 37.8 Å². The van der Waals surface area contributed by atoms with E-state index in [9.17, 15) is 9.59 Å². The smallest absolute Gasteiger partial charge is 0.277 e. The van der Waals surface area contributed by atoms with Crippen LogP contribution in [0, 0.1) is 6.92 Å². The van der Waals surface area contributed by atoms with Crippen molar-refractivity contribution in [3.05, 3.63) is 45.8 Å². The fourth-order valence-electron chi connectivity index (χ4n) is 3.29. The molecule has 29 heavy (non-hydrogen) atoms. The number of carbonyl (C=O) groups is 2. The number of fused-ring (bicyclic) bond motifs is 1. The van der Waals surface area contributed by atoms with E-state index in [-0.39, 0.29) is 11.7 Å². The van der Waals surface area contributed by atoms with Crippen molar-refractivity contribution in [3.63, 3.8) is 0 Å². The summed E-state index contributed by atoms with van der Waals surface area (Å²) in [7, 11) is 0.